The lowest BCUT2D eigenvalue weighted by Crippen LogP contribution is -2.10. The number of fused-ring (bicyclic) bond motifs is 1. The lowest BCUT2D eigenvalue weighted by Gasteiger charge is -2.19. The molecule has 0 saturated carbocycles. The second-order valence-electron chi connectivity index (χ2n) is 6.93. The second-order valence-corrected chi connectivity index (χ2v) is 6.93. The van der Waals surface area contributed by atoms with E-state index in [2.05, 4.69) is 0 Å². The van der Waals surface area contributed by atoms with Gasteiger partial charge in [0.1, 0.15) is 22.5 Å². The van der Waals surface area contributed by atoms with Crippen LogP contribution < -0.4 is 14.9 Å². The highest BCUT2D eigenvalue weighted by Gasteiger charge is 2.27. The van der Waals surface area contributed by atoms with Gasteiger partial charge in [0.2, 0.25) is 5.75 Å². The van der Waals surface area contributed by atoms with E-state index < -0.39 is 0 Å². The predicted molar refractivity (Wildman–Crippen MR) is 109 cm³/mol. The molecule has 1 aromatic heterocycles. The number of phenols is 2. The number of aliphatic hydroxyl groups is 1. The number of benzene rings is 2. The minimum Gasteiger partial charge on any atom is -0.508 e. The van der Waals surface area contributed by atoms with Gasteiger partial charge < -0.3 is 29.2 Å². The van der Waals surface area contributed by atoms with Crippen LogP contribution in [0.4, 0.5) is 0 Å². The molecule has 0 saturated heterocycles. The molecule has 29 heavy (non-hydrogen) atoms. The zero-order valence-corrected chi connectivity index (χ0v) is 16.6. The van der Waals surface area contributed by atoms with Crippen molar-refractivity contribution >= 4 is 11.0 Å². The standard InChI is InChI=1S/C22H24O7/c1-12(2)17-19(26)22(27-3)21(28-10-4-9-23)18-15(25)11-16(29-20(17)18)13-5-7-14(24)8-6-13/h5-8,11-12,23-24,26H,4,9-10H2,1-3H3. The molecule has 0 aliphatic rings. The van der Waals surface area contributed by atoms with Crippen LogP contribution in [-0.2, 0) is 0 Å². The molecule has 0 fully saturated rings. The number of aliphatic hydroxyl groups excluding tert-OH is 1. The van der Waals surface area contributed by atoms with Crippen LogP contribution in [0.25, 0.3) is 22.3 Å². The molecule has 0 unspecified atom stereocenters. The normalized spacial score (nSPS) is 11.2. The van der Waals surface area contributed by atoms with Crippen LogP contribution in [0, 0.1) is 0 Å². The Kier molecular flexibility index (Phi) is 5.98. The van der Waals surface area contributed by atoms with Gasteiger partial charge in [-0.1, -0.05) is 13.8 Å². The zero-order valence-electron chi connectivity index (χ0n) is 16.6. The third-order valence-electron chi connectivity index (χ3n) is 4.58. The molecule has 7 nitrogen and oxygen atoms in total. The van der Waals surface area contributed by atoms with Crippen molar-refractivity contribution in [1.82, 2.24) is 0 Å². The van der Waals surface area contributed by atoms with Gasteiger partial charge in [0, 0.05) is 30.2 Å². The van der Waals surface area contributed by atoms with E-state index in [1.807, 2.05) is 13.8 Å². The van der Waals surface area contributed by atoms with E-state index in [9.17, 15) is 15.0 Å². The van der Waals surface area contributed by atoms with Crippen LogP contribution in [0.5, 0.6) is 23.0 Å². The minimum absolute atomic E-state index is 0.0591. The zero-order chi connectivity index (χ0) is 21.1. The highest BCUT2D eigenvalue weighted by molar-refractivity contribution is 5.93. The highest BCUT2D eigenvalue weighted by Crippen LogP contribution is 2.48. The fourth-order valence-corrected chi connectivity index (χ4v) is 3.22. The van der Waals surface area contributed by atoms with Gasteiger partial charge in [-0.15, -0.1) is 0 Å². The van der Waals surface area contributed by atoms with Crippen molar-refractivity contribution in [3.63, 3.8) is 0 Å². The molecule has 3 aromatic rings. The Bertz CT molecular complexity index is 1070. The fourth-order valence-electron chi connectivity index (χ4n) is 3.22. The summed E-state index contributed by atoms with van der Waals surface area (Å²) in [5.74, 6) is 0.223. The molecule has 7 heteroatoms. The van der Waals surface area contributed by atoms with Gasteiger partial charge in [0.25, 0.3) is 0 Å². The molecule has 0 bridgehead atoms. The summed E-state index contributed by atoms with van der Waals surface area (Å²) in [6.45, 7) is 3.80. The van der Waals surface area contributed by atoms with Gasteiger partial charge in [-0.3, -0.25) is 4.79 Å². The maximum absolute atomic E-state index is 13.1. The summed E-state index contributed by atoms with van der Waals surface area (Å²) in [6, 6.07) is 7.61. The average molecular weight is 400 g/mol. The first kappa shape index (κ1) is 20.5. The SMILES string of the molecule is COc1c(O)c(C(C)C)c2oc(-c3ccc(O)cc3)cc(=O)c2c1OCCCO. The largest absolute Gasteiger partial charge is 0.508 e. The van der Waals surface area contributed by atoms with E-state index >= 15 is 0 Å². The summed E-state index contributed by atoms with van der Waals surface area (Å²) in [7, 11) is 1.39. The Morgan fingerprint density at radius 3 is 2.38 bits per heavy atom. The van der Waals surface area contributed by atoms with Crippen LogP contribution in [0.1, 0.15) is 31.7 Å². The average Bonchev–Trinajstić information content (AvgIpc) is 2.68. The van der Waals surface area contributed by atoms with Crippen LogP contribution in [0.15, 0.2) is 39.5 Å². The van der Waals surface area contributed by atoms with Crippen molar-refractivity contribution in [2.24, 2.45) is 0 Å². The predicted octanol–water partition coefficient (Wildman–Crippen LogP) is 3.76. The summed E-state index contributed by atoms with van der Waals surface area (Å²) in [5.41, 5.74) is 0.903. The minimum atomic E-state index is -0.353. The first-order chi connectivity index (χ1) is 13.9. The Morgan fingerprint density at radius 2 is 1.79 bits per heavy atom. The smallest absolute Gasteiger partial charge is 0.204 e. The lowest BCUT2D eigenvalue weighted by atomic mass is 9.97. The topological polar surface area (TPSA) is 109 Å². The van der Waals surface area contributed by atoms with Crippen molar-refractivity contribution in [3.05, 3.63) is 46.1 Å². The van der Waals surface area contributed by atoms with Crippen LogP contribution in [0.3, 0.4) is 0 Å². The third kappa shape index (κ3) is 3.86. The maximum atomic E-state index is 13.1. The molecular formula is C22H24O7. The summed E-state index contributed by atoms with van der Waals surface area (Å²) in [4.78, 5) is 13.1. The molecule has 0 aliphatic carbocycles. The monoisotopic (exact) mass is 400 g/mol. The van der Waals surface area contributed by atoms with E-state index in [-0.39, 0.29) is 58.5 Å². The highest BCUT2D eigenvalue weighted by atomic mass is 16.5. The van der Waals surface area contributed by atoms with Crippen LogP contribution in [-0.4, -0.2) is 35.6 Å². The van der Waals surface area contributed by atoms with Gasteiger partial charge in [-0.05, 0) is 30.2 Å². The number of methoxy groups -OCH3 is 1. The third-order valence-corrected chi connectivity index (χ3v) is 4.58. The van der Waals surface area contributed by atoms with Gasteiger partial charge in [-0.25, -0.2) is 0 Å². The molecule has 0 amide bonds. The van der Waals surface area contributed by atoms with Crippen molar-refractivity contribution in [1.29, 1.82) is 0 Å². The molecule has 1 heterocycles. The second kappa shape index (κ2) is 8.45. The Hall–Kier alpha value is -3.19. The number of rotatable bonds is 7. The molecule has 3 rings (SSSR count). The fraction of sp³-hybridized carbons (Fsp3) is 0.318. The Balaban J connectivity index is 2.35. The lowest BCUT2D eigenvalue weighted by molar-refractivity contribution is 0.228. The van der Waals surface area contributed by atoms with E-state index in [1.165, 1.54) is 25.3 Å². The van der Waals surface area contributed by atoms with Gasteiger partial charge in [0.15, 0.2) is 16.9 Å². The molecular weight excluding hydrogens is 376 g/mol. The maximum Gasteiger partial charge on any atom is 0.204 e. The molecule has 0 radical (unpaired) electrons. The molecule has 0 atom stereocenters. The van der Waals surface area contributed by atoms with E-state index in [1.54, 1.807) is 12.1 Å². The number of ether oxygens (including phenoxy) is 2. The van der Waals surface area contributed by atoms with E-state index in [0.29, 0.717) is 23.3 Å². The summed E-state index contributed by atoms with van der Waals surface area (Å²) in [5, 5.41) is 29.5. The van der Waals surface area contributed by atoms with Gasteiger partial charge in [-0.2, -0.15) is 0 Å². The van der Waals surface area contributed by atoms with E-state index in [4.69, 9.17) is 19.0 Å². The summed E-state index contributed by atoms with van der Waals surface area (Å²) < 4.78 is 17.1. The number of hydrogen-bond donors (Lipinski definition) is 3. The van der Waals surface area contributed by atoms with Gasteiger partial charge >= 0.3 is 0 Å². The van der Waals surface area contributed by atoms with Crippen LogP contribution in [0.2, 0.25) is 0 Å². The molecule has 154 valence electrons. The Labute approximate surface area is 167 Å². The molecule has 0 aliphatic heterocycles. The van der Waals surface area contributed by atoms with Crippen molar-refractivity contribution in [2.75, 3.05) is 20.3 Å². The van der Waals surface area contributed by atoms with Crippen molar-refractivity contribution in [3.8, 4) is 34.3 Å². The summed E-state index contributed by atoms with van der Waals surface area (Å²) >= 11 is 0. The number of aromatic hydroxyl groups is 2. The van der Waals surface area contributed by atoms with Crippen LogP contribution >= 0.6 is 0 Å². The first-order valence-corrected chi connectivity index (χ1v) is 9.32. The van der Waals surface area contributed by atoms with E-state index in [0.717, 1.165) is 0 Å². The van der Waals surface area contributed by atoms with Crippen molar-refractivity contribution in [2.45, 2.75) is 26.2 Å². The molecule has 3 N–H and O–H groups in total. The summed E-state index contributed by atoms with van der Waals surface area (Å²) in [6.07, 6.45) is 0.355. The molecule has 2 aromatic carbocycles. The Morgan fingerprint density at radius 1 is 1.10 bits per heavy atom. The van der Waals surface area contributed by atoms with Crippen molar-refractivity contribution < 1.29 is 29.2 Å². The molecule has 0 spiro atoms. The number of phenolic OH excluding ortho intramolecular Hbond substituents is 2. The quantitative estimate of drug-likeness (QED) is 0.518. The first-order valence-electron chi connectivity index (χ1n) is 9.32. The number of hydrogen-bond acceptors (Lipinski definition) is 7. The van der Waals surface area contributed by atoms with Gasteiger partial charge in [0.05, 0.1) is 13.7 Å².